The highest BCUT2D eigenvalue weighted by molar-refractivity contribution is 9.10. The van der Waals surface area contributed by atoms with Gasteiger partial charge in [-0.05, 0) is 37.5 Å². The molecule has 1 aromatic carbocycles. The Bertz CT molecular complexity index is 665. The number of carbonyl (C=O) groups excluding carboxylic acids is 2. The van der Waals surface area contributed by atoms with Crippen LogP contribution in [-0.4, -0.2) is 35.0 Å². The molecule has 0 radical (unpaired) electrons. The molecule has 1 aliphatic rings. The molecule has 1 heterocycles. The van der Waals surface area contributed by atoms with Crippen molar-refractivity contribution in [3.05, 3.63) is 34.3 Å². The van der Waals surface area contributed by atoms with Crippen LogP contribution in [0.3, 0.4) is 0 Å². The predicted molar refractivity (Wildman–Crippen MR) is 91.8 cm³/mol. The van der Waals surface area contributed by atoms with E-state index in [1.54, 1.807) is 0 Å². The number of rotatable bonds is 5. The Balaban J connectivity index is 2.20. The highest BCUT2D eigenvalue weighted by atomic mass is 79.9. The van der Waals surface area contributed by atoms with Gasteiger partial charge in [-0.2, -0.15) is 0 Å². The summed E-state index contributed by atoms with van der Waals surface area (Å²) in [7, 11) is 0. The Morgan fingerprint density at radius 3 is 2.16 bits per heavy atom. The SMILES string of the molecule is CC1(C)OC(=O)C(C)(C[C@@H](Cc2ccc(Br)cc2)NC(=O)O)C(=O)O1. The average Bonchev–Trinajstić information content (AvgIpc) is 2.46. The summed E-state index contributed by atoms with van der Waals surface area (Å²) in [6.45, 7) is 4.35. The molecule has 0 spiro atoms. The van der Waals surface area contributed by atoms with Crippen molar-refractivity contribution in [2.75, 3.05) is 0 Å². The normalized spacial score (nSPS) is 19.5. The van der Waals surface area contributed by atoms with E-state index in [4.69, 9.17) is 14.6 Å². The molecule has 0 unspecified atom stereocenters. The van der Waals surface area contributed by atoms with Gasteiger partial charge in [0.05, 0.1) is 0 Å². The zero-order chi connectivity index (χ0) is 18.8. The van der Waals surface area contributed by atoms with E-state index < -0.39 is 35.3 Å². The lowest BCUT2D eigenvalue weighted by Gasteiger charge is -2.39. The number of amides is 1. The van der Waals surface area contributed by atoms with Crippen LogP contribution in [0.1, 0.15) is 32.8 Å². The van der Waals surface area contributed by atoms with Crippen LogP contribution in [0.4, 0.5) is 4.79 Å². The predicted octanol–water partition coefficient (Wildman–Crippen LogP) is 2.86. The zero-order valence-corrected chi connectivity index (χ0v) is 15.8. The van der Waals surface area contributed by atoms with E-state index in [1.165, 1.54) is 20.8 Å². The van der Waals surface area contributed by atoms with Crippen LogP contribution in [0, 0.1) is 5.41 Å². The minimum absolute atomic E-state index is 0.0664. The molecule has 2 rings (SSSR count). The van der Waals surface area contributed by atoms with Crippen molar-refractivity contribution in [2.24, 2.45) is 5.41 Å². The third kappa shape index (κ3) is 4.72. The summed E-state index contributed by atoms with van der Waals surface area (Å²) in [6.07, 6.45) is -0.981. The van der Waals surface area contributed by atoms with Crippen molar-refractivity contribution in [2.45, 2.75) is 45.4 Å². The van der Waals surface area contributed by atoms with Crippen molar-refractivity contribution >= 4 is 34.0 Å². The van der Waals surface area contributed by atoms with E-state index in [1.807, 2.05) is 24.3 Å². The van der Waals surface area contributed by atoms with Crippen LogP contribution in [0.25, 0.3) is 0 Å². The molecule has 1 fully saturated rings. The first-order valence-electron chi connectivity index (χ1n) is 7.73. The maximum absolute atomic E-state index is 12.4. The monoisotopic (exact) mass is 413 g/mol. The molecule has 25 heavy (non-hydrogen) atoms. The molecule has 0 bridgehead atoms. The van der Waals surface area contributed by atoms with Gasteiger partial charge in [0.2, 0.25) is 0 Å². The maximum Gasteiger partial charge on any atom is 0.404 e. The first-order chi connectivity index (χ1) is 11.5. The largest absolute Gasteiger partial charge is 0.465 e. The second kappa shape index (κ2) is 7.03. The number of carbonyl (C=O) groups is 3. The van der Waals surface area contributed by atoms with E-state index in [9.17, 15) is 14.4 Å². The van der Waals surface area contributed by atoms with Gasteiger partial charge in [0.1, 0.15) is 0 Å². The van der Waals surface area contributed by atoms with Crippen molar-refractivity contribution in [1.82, 2.24) is 5.32 Å². The lowest BCUT2D eigenvalue weighted by atomic mass is 9.81. The molecule has 0 aromatic heterocycles. The first kappa shape index (κ1) is 19.2. The molecular formula is C17H20BrNO6. The summed E-state index contributed by atoms with van der Waals surface area (Å²) in [5.41, 5.74) is -0.707. The number of ether oxygens (including phenoxy) is 2. The Labute approximate surface area is 153 Å². The van der Waals surface area contributed by atoms with Gasteiger partial charge in [-0.25, -0.2) is 4.79 Å². The number of hydrogen-bond donors (Lipinski definition) is 2. The Morgan fingerprint density at radius 2 is 1.68 bits per heavy atom. The molecule has 1 aromatic rings. The van der Waals surface area contributed by atoms with Gasteiger partial charge in [0.25, 0.3) is 5.79 Å². The highest BCUT2D eigenvalue weighted by Gasteiger charge is 2.53. The van der Waals surface area contributed by atoms with Crippen LogP contribution in [-0.2, 0) is 25.5 Å². The third-order valence-electron chi connectivity index (χ3n) is 3.96. The molecule has 1 amide bonds. The van der Waals surface area contributed by atoms with Gasteiger partial charge in [0, 0.05) is 24.4 Å². The smallest absolute Gasteiger partial charge is 0.404 e. The van der Waals surface area contributed by atoms with E-state index in [2.05, 4.69) is 21.2 Å². The quantitative estimate of drug-likeness (QED) is 0.568. The summed E-state index contributed by atoms with van der Waals surface area (Å²) in [6, 6.07) is 6.68. The lowest BCUT2D eigenvalue weighted by molar-refractivity contribution is -0.250. The minimum atomic E-state index is -1.57. The van der Waals surface area contributed by atoms with Gasteiger partial charge in [-0.15, -0.1) is 0 Å². The van der Waals surface area contributed by atoms with Crippen LogP contribution in [0.5, 0.6) is 0 Å². The van der Waals surface area contributed by atoms with Gasteiger partial charge >= 0.3 is 18.0 Å². The molecule has 2 N–H and O–H groups in total. The molecule has 1 aliphatic heterocycles. The van der Waals surface area contributed by atoms with Crippen LogP contribution in [0.2, 0.25) is 0 Å². The number of carboxylic acid groups (broad SMARTS) is 1. The van der Waals surface area contributed by atoms with E-state index >= 15 is 0 Å². The standard InChI is InChI=1S/C17H20BrNO6/c1-16(2)24-13(20)17(3,14(21)25-16)9-12(19-15(22)23)8-10-4-6-11(18)7-5-10/h4-7,12,19H,8-9H2,1-3H3,(H,22,23)/t12-/m1/s1. The molecule has 7 nitrogen and oxygen atoms in total. The second-order valence-corrected chi connectivity index (χ2v) is 7.61. The summed E-state index contributed by atoms with van der Waals surface area (Å²) in [4.78, 5) is 35.8. The summed E-state index contributed by atoms with van der Waals surface area (Å²) in [5, 5.41) is 11.5. The molecule has 0 saturated carbocycles. The van der Waals surface area contributed by atoms with Gasteiger partial charge < -0.3 is 19.9 Å². The number of hydrogen-bond acceptors (Lipinski definition) is 5. The number of benzene rings is 1. The number of nitrogens with one attached hydrogen (secondary N) is 1. The van der Waals surface area contributed by atoms with E-state index in [0.29, 0.717) is 6.42 Å². The van der Waals surface area contributed by atoms with Crippen molar-refractivity contribution in [3.8, 4) is 0 Å². The molecule has 136 valence electrons. The van der Waals surface area contributed by atoms with Gasteiger partial charge in [-0.3, -0.25) is 9.59 Å². The van der Waals surface area contributed by atoms with Gasteiger partial charge in [0.15, 0.2) is 5.41 Å². The average molecular weight is 414 g/mol. The minimum Gasteiger partial charge on any atom is -0.465 e. The van der Waals surface area contributed by atoms with Crippen LogP contribution >= 0.6 is 15.9 Å². The Morgan fingerprint density at radius 1 is 1.16 bits per heavy atom. The fraction of sp³-hybridized carbons (Fsp3) is 0.471. The topological polar surface area (TPSA) is 102 Å². The first-order valence-corrected chi connectivity index (χ1v) is 8.52. The number of esters is 2. The summed E-state index contributed by atoms with van der Waals surface area (Å²) < 4.78 is 11.2. The molecule has 1 saturated heterocycles. The van der Waals surface area contributed by atoms with E-state index in [-0.39, 0.29) is 6.42 Å². The van der Waals surface area contributed by atoms with Crippen LogP contribution < -0.4 is 5.32 Å². The zero-order valence-electron chi connectivity index (χ0n) is 14.2. The number of halogens is 1. The number of cyclic esters (lactones) is 2. The summed E-state index contributed by atoms with van der Waals surface area (Å²) in [5.74, 6) is -2.77. The second-order valence-electron chi connectivity index (χ2n) is 6.69. The fourth-order valence-electron chi connectivity index (χ4n) is 2.69. The van der Waals surface area contributed by atoms with E-state index in [0.717, 1.165) is 10.0 Å². The van der Waals surface area contributed by atoms with Gasteiger partial charge in [-0.1, -0.05) is 28.1 Å². The lowest BCUT2D eigenvalue weighted by Crippen LogP contribution is -2.55. The maximum atomic E-state index is 12.4. The van der Waals surface area contributed by atoms with Crippen molar-refractivity contribution in [1.29, 1.82) is 0 Å². The molecule has 0 aliphatic carbocycles. The van der Waals surface area contributed by atoms with Crippen molar-refractivity contribution in [3.63, 3.8) is 0 Å². The molecule has 8 heteroatoms. The molecule has 1 atom stereocenters. The fourth-order valence-corrected chi connectivity index (χ4v) is 2.95. The Hall–Kier alpha value is -2.09. The van der Waals surface area contributed by atoms with Crippen LogP contribution in [0.15, 0.2) is 28.7 Å². The highest BCUT2D eigenvalue weighted by Crippen LogP contribution is 2.36. The summed E-state index contributed by atoms with van der Waals surface area (Å²) >= 11 is 3.33. The Kier molecular flexibility index (Phi) is 5.41. The third-order valence-corrected chi connectivity index (χ3v) is 4.48. The molecular weight excluding hydrogens is 394 g/mol. The van der Waals surface area contributed by atoms with Crippen molar-refractivity contribution < 1.29 is 29.0 Å².